The highest BCUT2D eigenvalue weighted by atomic mass is 16.5. The quantitative estimate of drug-likeness (QED) is 0.616. The highest BCUT2D eigenvalue weighted by Crippen LogP contribution is 2.14. The van der Waals surface area contributed by atoms with Crippen LogP contribution in [0.15, 0.2) is 0 Å². The fourth-order valence-electron chi connectivity index (χ4n) is 1.54. The third kappa shape index (κ3) is 4.99. The lowest BCUT2D eigenvalue weighted by atomic mass is 10.2. The van der Waals surface area contributed by atoms with Crippen molar-refractivity contribution in [1.29, 1.82) is 0 Å². The molecule has 1 aliphatic rings. The van der Waals surface area contributed by atoms with Crippen molar-refractivity contribution in [3.05, 3.63) is 0 Å². The molecular weight excluding hydrogens is 196 g/mol. The standard InChI is InChI=1S/C10H20N2O3/c1-8(7-13)12-10(14)11-5-4-9-3-2-6-15-9/h8-9,13H,2-7H2,1H3,(H2,11,12,14)/t8-,9?/m0/s1. The third-order valence-corrected chi connectivity index (χ3v) is 2.43. The molecule has 5 heteroatoms. The summed E-state index contributed by atoms with van der Waals surface area (Å²) in [6.45, 7) is 3.17. The monoisotopic (exact) mass is 216 g/mol. The van der Waals surface area contributed by atoms with Crippen molar-refractivity contribution in [2.24, 2.45) is 0 Å². The van der Waals surface area contributed by atoms with E-state index in [0.29, 0.717) is 12.6 Å². The van der Waals surface area contributed by atoms with Crippen molar-refractivity contribution in [2.45, 2.75) is 38.3 Å². The lowest BCUT2D eigenvalue weighted by Gasteiger charge is -2.13. The van der Waals surface area contributed by atoms with Crippen molar-refractivity contribution in [2.75, 3.05) is 19.8 Å². The van der Waals surface area contributed by atoms with Gasteiger partial charge in [-0.2, -0.15) is 0 Å². The molecule has 0 aromatic heterocycles. The second-order valence-corrected chi connectivity index (χ2v) is 3.91. The molecule has 1 rings (SSSR count). The molecule has 1 unspecified atom stereocenters. The average Bonchev–Trinajstić information content (AvgIpc) is 2.70. The molecule has 1 saturated heterocycles. The van der Waals surface area contributed by atoms with Crippen molar-refractivity contribution >= 4 is 6.03 Å². The molecule has 0 aromatic rings. The lowest BCUT2D eigenvalue weighted by molar-refractivity contribution is 0.104. The van der Waals surface area contributed by atoms with Crippen LogP contribution in [0, 0.1) is 0 Å². The van der Waals surface area contributed by atoms with Crippen LogP contribution in [0.5, 0.6) is 0 Å². The number of amides is 2. The van der Waals surface area contributed by atoms with E-state index >= 15 is 0 Å². The molecule has 0 saturated carbocycles. The number of carbonyl (C=O) groups is 1. The molecule has 0 spiro atoms. The zero-order valence-corrected chi connectivity index (χ0v) is 9.16. The van der Waals surface area contributed by atoms with Crippen LogP contribution in [0.25, 0.3) is 0 Å². The van der Waals surface area contributed by atoms with Gasteiger partial charge in [-0.25, -0.2) is 4.79 Å². The van der Waals surface area contributed by atoms with Crippen molar-refractivity contribution in [3.63, 3.8) is 0 Å². The Morgan fingerprint density at radius 1 is 1.67 bits per heavy atom. The highest BCUT2D eigenvalue weighted by molar-refractivity contribution is 5.74. The van der Waals surface area contributed by atoms with E-state index in [1.165, 1.54) is 0 Å². The molecule has 2 amide bonds. The Labute approximate surface area is 90.2 Å². The number of aliphatic hydroxyl groups is 1. The number of hydrogen-bond donors (Lipinski definition) is 3. The summed E-state index contributed by atoms with van der Waals surface area (Å²) in [6, 6.07) is -0.428. The van der Waals surface area contributed by atoms with Crippen LogP contribution < -0.4 is 10.6 Å². The normalized spacial score (nSPS) is 22.4. The third-order valence-electron chi connectivity index (χ3n) is 2.43. The minimum Gasteiger partial charge on any atom is -0.394 e. The van der Waals surface area contributed by atoms with Crippen LogP contribution in [0.3, 0.4) is 0 Å². The molecule has 0 bridgehead atoms. The zero-order valence-electron chi connectivity index (χ0n) is 9.16. The highest BCUT2D eigenvalue weighted by Gasteiger charge is 2.15. The molecule has 15 heavy (non-hydrogen) atoms. The topological polar surface area (TPSA) is 70.6 Å². The molecule has 1 fully saturated rings. The first-order chi connectivity index (χ1) is 7.22. The molecule has 2 atom stereocenters. The van der Waals surface area contributed by atoms with Crippen molar-refractivity contribution < 1.29 is 14.6 Å². The first-order valence-electron chi connectivity index (χ1n) is 5.49. The van der Waals surface area contributed by atoms with Crippen molar-refractivity contribution in [1.82, 2.24) is 10.6 Å². The SMILES string of the molecule is C[C@@H](CO)NC(=O)NCCC1CCCO1. The van der Waals surface area contributed by atoms with Gasteiger partial charge in [-0.3, -0.25) is 0 Å². The second kappa shape index (κ2) is 6.63. The number of carbonyl (C=O) groups excluding carboxylic acids is 1. The smallest absolute Gasteiger partial charge is 0.315 e. The Balaban J connectivity index is 2.01. The first kappa shape index (κ1) is 12.3. The van der Waals surface area contributed by atoms with Crippen LogP contribution in [0.2, 0.25) is 0 Å². The van der Waals surface area contributed by atoms with E-state index in [2.05, 4.69) is 10.6 Å². The minimum absolute atomic E-state index is 0.0425. The van der Waals surface area contributed by atoms with E-state index < -0.39 is 0 Å². The van der Waals surface area contributed by atoms with Gasteiger partial charge in [0.2, 0.25) is 0 Å². The van der Waals surface area contributed by atoms with Gasteiger partial charge < -0.3 is 20.5 Å². The van der Waals surface area contributed by atoms with Gasteiger partial charge in [0.15, 0.2) is 0 Å². The zero-order chi connectivity index (χ0) is 11.1. The molecule has 1 heterocycles. The van der Waals surface area contributed by atoms with Gasteiger partial charge in [-0.05, 0) is 26.2 Å². The first-order valence-corrected chi connectivity index (χ1v) is 5.49. The Morgan fingerprint density at radius 2 is 2.47 bits per heavy atom. The molecular formula is C10H20N2O3. The van der Waals surface area contributed by atoms with Gasteiger partial charge in [0.05, 0.1) is 18.8 Å². The number of nitrogens with one attached hydrogen (secondary N) is 2. The van der Waals surface area contributed by atoms with Gasteiger partial charge >= 0.3 is 6.03 Å². The van der Waals surface area contributed by atoms with Crippen LogP contribution in [0.1, 0.15) is 26.2 Å². The van der Waals surface area contributed by atoms with Gasteiger partial charge in [0.1, 0.15) is 0 Å². The summed E-state index contributed by atoms with van der Waals surface area (Å²) in [5, 5.41) is 14.1. The summed E-state index contributed by atoms with van der Waals surface area (Å²) in [5.41, 5.74) is 0. The van der Waals surface area contributed by atoms with Gasteiger partial charge in [-0.1, -0.05) is 0 Å². The fraction of sp³-hybridized carbons (Fsp3) is 0.900. The fourth-order valence-corrected chi connectivity index (χ4v) is 1.54. The van der Waals surface area contributed by atoms with Crippen LogP contribution in [-0.4, -0.2) is 43.0 Å². The number of aliphatic hydroxyl groups excluding tert-OH is 1. The summed E-state index contributed by atoms with van der Waals surface area (Å²) >= 11 is 0. The van der Waals surface area contributed by atoms with Crippen LogP contribution in [-0.2, 0) is 4.74 Å². The summed E-state index contributed by atoms with van der Waals surface area (Å²) < 4.78 is 5.43. The Bertz CT molecular complexity index is 193. The van der Waals surface area contributed by atoms with Gasteiger partial charge in [0.25, 0.3) is 0 Å². The molecule has 3 N–H and O–H groups in total. The molecule has 0 aromatic carbocycles. The molecule has 0 aliphatic carbocycles. The van der Waals surface area contributed by atoms with E-state index in [1.807, 2.05) is 0 Å². The van der Waals surface area contributed by atoms with E-state index in [1.54, 1.807) is 6.92 Å². The lowest BCUT2D eigenvalue weighted by Crippen LogP contribution is -2.43. The van der Waals surface area contributed by atoms with Crippen LogP contribution in [0.4, 0.5) is 4.79 Å². The predicted octanol–water partition coefficient (Wildman–Crippen LogP) is 0.235. The summed E-state index contributed by atoms with van der Waals surface area (Å²) in [4.78, 5) is 11.2. The van der Waals surface area contributed by atoms with E-state index in [-0.39, 0.29) is 18.7 Å². The number of ether oxygens (including phenoxy) is 1. The maximum atomic E-state index is 11.2. The molecule has 0 radical (unpaired) electrons. The maximum absolute atomic E-state index is 11.2. The number of hydrogen-bond acceptors (Lipinski definition) is 3. The van der Waals surface area contributed by atoms with Crippen LogP contribution >= 0.6 is 0 Å². The number of urea groups is 1. The Hall–Kier alpha value is -0.810. The Kier molecular flexibility index (Phi) is 5.42. The molecule has 5 nitrogen and oxygen atoms in total. The van der Waals surface area contributed by atoms with Gasteiger partial charge in [-0.15, -0.1) is 0 Å². The van der Waals surface area contributed by atoms with E-state index in [0.717, 1.165) is 25.9 Å². The summed E-state index contributed by atoms with van der Waals surface area (Å²) in [7, 11) is 0. The molecule has 1 aliphatic heterocycles. The van der Waals surface area contributed by atoms with Gasteiger partial charge in [0, 0.05) is 13.2 Å². The van der Waals surface area contributed by atoms with E-state index in [9.17, 15) is 4.79 Å². The van der Waals surface area contributed by atoms with E-state index in [4.69, 9.17) is 9.84 Å². The predicted molar refractivity (Wildman–Crippen MR) is 56.7 cm³/mol. The Morgan fingerprint density at radius 3 is 3.07 bits per heavy atom. The average molecular weight is 216 g/mol. The minimum atomic E-state index is -0.227. The summed E-state index contributed by atoms with van der Waals surface area (Å²) in [6.07, 6.45) is 3.39. The molecule has 88 valence electrons. The largest absolute Gasteiger partial charge is 0.394 e. The number of rotatable bonds is 5. The second-order valence-electron chi connectivity index (χ2n) is 3.91. The summed E-state index contributed by atoms with van der Waals surface area (Å²) in [5.74, 6) is 0. The maximum Gasteiger partial charge on any atom is 0.315 e. The van der Waals surface area contributed by atoms with Crippen molar-refractivity contribution in [3.8, 4) is 0 Å².